The molecule has 0 saturated heterocycles. The van der Waals surface area contributed by atoms with Crippen LogP contribution in [0.1, 0.15) is 39.0 Å². The molecular formula is C18H26N2O3S. The Labute approximate surface area is 144 Å². The fraction of sp³-hybridized carbons (Fsp3) is 0.500. The highest BCUT2D eigenvalue weighted by Crippen LogP contribution is 2.25. The third-order valence-electron chi connectivity index (χ3n) is 4.09. The molecule has 0 atom stereocenters. The molecule has 24 heavy (non-hydrogen) atoms. The molecule has 0 aliphatic rings. The van der Waals surface area contributed by atoms with Crippen molar-refractivity contribution < 1.29 is 13.5 Å². The van der Waals surface area contributed by atoms with Crippen molar-refractivity contribution in [1.29, 1.82) is 0 Å². The standard InChI is InChI=1S/C18H26N2O3S/c1-2-3-4-5-12-20(13-7-14-21)24(22,23)18-9-6-8-16-15-19-11-10-17(16)18/h6,8-11,15,21H,2-5,7,12-14H2,1H3. The number of hydrogen-bond donors (Lipinski definition) is 1. The van der Waals surface area contributed by atoms with Gasteiger partial charge in [0.1, 0.15) is 0 Å². The average Bonchev–Trinajstić information content (AvgIpc) is 2.60. The molecule has 1 heterocycles. The van der Waals surface area contributed by atoms with Crippen LogP contribution in [-0.4, -0.2) is 42.5 Å². The molecule has 0 bridgehead atoms. The molecule has 0 spiro atoms. The number of aliphatic hydroxyl groups excluding tert-OH is 1. The van der Waals surface area contributed by atoms with Crippen molar-refractivity contribution in [1.82, 2.24) is 9.29 Å². The van der Waals surface area contributed by atoms with Crippen LogP contribution < -0.4 is 0 Å². The second kappa shape index (κ2) is 9.11. The fourth-order valence-electron chi connectivity index (χ4n) is 2.77. The van der Waals surface area contributed by atoms with Crippen LogP contribution in [0.15, 0.2) is 41.6 Å². The summed E-state index contributed by atoms with van der Waals surface area (Å²) in [5.41, 5.74) is 0. The van der Waals surface area contributed by atoms with E-state index in [1.807, 2.05) is 6.07 Å². The van der Waals surface area contributed by atoms with Gasteiger partial charge in [-0.3, -0.25) is 4.98 Å². The van der Waals surface area contributed by atoms with E-state index < -0.39 is 10.0 Å². The van der Waals surface area contributed by atoms with Crippen molar-refractivity contribution in [3.8, 4) is 0 Å². The van der Waals surface area contributed by atoms with Gasteiger partial charge in [0.05, 0.1) is 4.90 Å². The number of sulfonamides is 1. The number of nitrogens with zero attached hydrogens (tertiary/aromatic N) is 2. The summed E-state index contributed by atoms with van der Waals surface area (Å²) in [4.78, 5) is 4.37. The number of rotatable bonds is 10. The largest absolute Gasteiger partial charge is 0.396 e. The fourth-order valence-corrected chi connectivity index (χ4v) is 4.50. The second-order valence-corrected chi connectivity index (χ2v) is 7.80. The van der Waals surface area contributed by atoms with Crippen molar-refractivity contribution in [2.24, 2.45) is 0 Å². The van der Waals surface area contributed by atoms with E-state index in [1.165, 1.54) is 4.31 Å². The highest BCUT2D eigenvalue weighted by atomic mass is 32.2. The summed E-state index contributed by atoms with van der Waals surface area (Å²) in [6, 6.07) is 7.00. The molecule has 0 radical (unpaired) electrons. The van der Waals surface area contributed by atoms with Gasteiger partial charge in [0.25, 0.3) is 0 Å². The van der Waals surface area contributed by atoms with Crippen LogP contribution in [0, 0.1) is 0 Å². The van der Waals surface area contributed by atoms with E-state index in [0.717, 1.165) is 31.1 Å². The third kappa shape index (κ3) is 4.53. The zero-order valence-electron chi connectivity index (χ0n) is 14.2. The lowest BCUT2D eigenvalue weighted by molar-refractivity contribution is 0.268. The molecule has 0 saturated carbocycles. The van der Waals surface area contributed by atoms with Crippen LogP contribution in [0.2, 0.25) is 0 Å². The molecule has 0 fully saturated rings. The minimum absolute atomic E-state index is 0.0135. The van der Waals surface area contributed by atoms with Gasteiger partial charge in [-0.25, -0.2) is 8.42 Å². The molecule has 1 aromatic heterocycles. The molecular weight excluding hydrogens is 324 g/mol. The Morgan fingerprint density at radius 2 is 1.88 bits per heavy atom. The number of aromatic nitrogens is 1. The van der Waals surface area contributed by atoms with E-state index in [4.69, 9.17) is 5.11 Å². The number of hydrogen-bond acceptors (Lipinski definition) is 4. The zero-order valence-corrected chi connectivity index (χ0v) is 15.0. The number of unbranched alkanes of at least 4 members (excludes halogenated alkanes) is 3. The van der Waals surface area contributed by atoms with Gasteiger partial charge in [-0.1, -0.05) is 38.3 Å². The predicted octanol–water partition coefficient (Wildman–Crippen LogP) is 3.19. The number of fused-ring (bicyclic) bond motifs is 1. The maximum atomic E-state index is 13.1. The molecule has 2 rings (SSSR count). The lowest BCUT2D eigenvalue weighted by Gasteiger charge is -2.22. The van der Waals surface area contributed by atoms with E-state index in [1.54, 1.807) is 30.6 Å². The van der Waals surface area contributed by atoms with Gasteiger partial charge in [0, 0.05) is 42.9 Å². The van der Waals surface area contributed by atoms with E-state index in [0.29, 0.717) is 29.8 Å². The zero-order chi connectivity index (χ0) is 17.4. The van der Waals surface area contributed by atoms with E-state index in [2.05, 4.69) is 11.9 Å². The van der Waals surface area contributed by atoms with Gasteiger partial charge in [0.15, 0.2) is 0 Å². The summed E-state index contributed by atoms with van der Waals surface area (Å²) in [5, 5.41) is 10.6. The quantitative estimate of drug-likeness (QED) is 0.668. The first-order valence-electron chi connectivity index (χ1n) is 8.55. The summed E-state index contributed by atoms with van der Waals surface area (Å²) >= 11 is 0. The first-order valence-corrected chi connectivity index (χ1v) is 9.99. The van der Waals surface area contributed by atoms with Gasteiger partial charge >= 0.3 is 0 Å². The molecule has 0 amide bonds. The Morgan fingerprint density at radius 1 is 1.08 bits per heavy atom. The molecule has 0 aliphatic heterocycles. The van der Waals surface area contributed by atoms with E-state index in [-0.39, 0.29) is 6.61 Å². The van der Waals surface area contributed by atoms with Crippen LogP contribution in [0.25, 0.3) is 10.8 Å². The molecule has 0 unspecified atom stereocenters. The third-order valence-corrected chi connectivity index (χ3v) is 6.04. The van der Waals surface area contributed by atoms with Crippen LogP contribution in [-0.2, 0) is 10.0 Å². The first kappa shape index (κ1) is 18.8. The van der Waals surface area contributed by atoms with Crippen LogP contribution >= 0.6 is 0 Å². The molecule has 2 aromatic rings. The maximum Gasteiger partial charge on any atom is 0.243 e. The summed E-state index contributed by atoms with van der Waals surface area (Å²) in [6.07, 6.45) is 7.80. The van der Waals surface area contributed by atoms with Crippen molar-refractivity contribution >= 4 is 20.8 Å². The minimum atomic E-state index is -3.59. The predicted molar refractivity (Wildman–Crippen MR) is 96.3 cm³/mol. The molecule has 132 valence electrons. The molecule has 6 heteroatoms. The average molecular weight is 350 g/mol. The summed E-state index contributed by atoms with van der Waals surface area (Å²) in [7, 11) is -3.59. The van der Waals surface area contributed by atoms with Gasteiger partial charge in [-0.05, 0) is 25.0 Å². The van der Waals surface area contributed by atoms with Crippen LogP contribution in [0.5, 0.6) is 0 Å². The normalized spacial score (nSPS) is 12.1. The second-order valence-electron chi connectivity index (χ2n) is 5.89. The Hall–Kier alpha value is -1.50. The van der Waals surface area contributed by atoms with Crippen LogP contribution in [0.3, 0.4) is 0 Å². The Morgan fingerprint density at radius 3 is 2.62 bits per heavy atom. The molecule has 1 N–H and O–H groups in total. The molecule has 5 nitrogen and oxygen atoms in total. The monoisotopic (exact) mass is 350 g/mol. The number of benzene rings is 1. The lowest BCUT2D eigenvalue weighted by atomic mass is 10.2. The van der Waals surface area contributed by atoms with Gasteiger partial charge in [-0.15, -0.1) is 0 Å². The Bertz CT molecular complexity index is 742. The SMILES string of the molecule is CCCCCCN(CCCO)S(=O)(=O)c1cccc2cnccc12. The number of aliphatic hydroxyl groups is 1. The number of pyridine rings is 1. The smallest absolute Gasteiger partial charge is 0.243 e. The van der Waals surface area contributed by atoms with Crippen molar-refractivity contribution in [2.45, 2.75) is 43.9 Å². The topological polar surface area (TPSA) is 70.5 Å². The van der Waals surface area contributed by atoms with Gasteiger partial charge in [0.2, 0.25) is 10.0 Å². The van der Waals surface area contributed by atoms with E-state index >= 15 is 0 Å². The Kier molecular flexibility index (Phi) is 7.15. The maximum absolute atomic E-state index is 13.1. The highest BCUT2D eigenvalue weighted by molar-refractivity contribution is 7.89. The van der Waals surface area contributed by atoms with Gasteiger partial charge < -0.3 is 5.11 Å². The first-order chi connectivity index (χ1) is 11.6. The van der Waals surface area contributed by atoms with Crippen LogP contribution in [0.4, 0.5) is 0 Å². The molecule has 1 aromatic carbocycles. The summed E-state index contributed by atoms with van der Waals surface area (Å²) in [6.45, 7) is 2.95. The summed E-state index contributed by atoms with van der Waals surface area (Å²) in [5.74, 6) is 0. The van der Waals surface area contributed by atoms with Crippen molar-refractivity contribution in [3.63, 3.8) is 0 Å². The highest BCUT2D eigenvalue weighted by Gasteiger charge is 2.25. The summed E-state index contributed by atoms with van der Waals surface area (Å²) < 4.78 is 27.8. The Balaban J connectivity index is 2.31. The van der Waals surface area contributed by atoms with Crippen molar-refractivity contribution in [2.75, 3.05) is 19.7 Å². The van der Waals surface area contributed by atoms with Crippen molar-refractivity contribution in [3.05, 3.63) is 36.7 Å². The molecule has 0 aliphatic carbocycles. The minimum Gasteiger partial charge on any atom is -0.396 e. The van der Waals surface area contributed by atoms with E-state index in [9.17, 15) is 8.42 Å². The lowest BCUT2D eigenvalue weighted by Crippen LogP contribution is -2.33. The van der Waals surface area contributed by atoms with Gasteiger partial charge in [-0.2, -0.15) is 4.31 Å².